The molecule has 1 aromatic carbocycles. The van der Waals surface area contributed by atoms with E-state index in [9.17, 15) is 22.4 Å². The molecule has 1 aromatic rings. The lowest BCUT2D eigenvalue weighted by atomic mass is 10.1. The zero-order chi connectivity index (χ0) is 14.6. The summed E-state index contributed by atoms with van der Waals surface area (Å²) in [7, 11) is 0. The highest BCUT2D eigenvalue weighted by molar-refractivity contribution is 6.34. The monoisotopic (exact) mass is 300 g/mol. The molecule has 106 valence electrons. The molecule has 0 heterocycles. The number of halogens is 5. The molecule has 0 aliphatic heterocycles. The highest BCUT2D eigenvalue weighted by atomic mass is 35.5. The van der Waals surface area contributed by atoms with Gasteiger partial charge in [-0.1, -0.05) is 6.07 Å². The van der Waals surface area contributed by atoms with Crippen LogP contribution in [0.2, 0.25) is 0 Å². The molecule has 1 rings (SSSR count). The first-order chi connectivity index (χ1) is 8.82. The number of Topliss-reactive ketones (excluding diaryl/α,β-unsaturated/α-hetero) is 1. The summed E-state index contributed by atoms with van der Waals surface area (Å²) in [5.74, 6) is -2.15. The maximum absolute atomic E-state index is 12.3. The smallest absolute Gasteiger partial charge is 0.387 e. The summed E-state index contributed by atoms with van der Waals surface area (Å²) < 4.78 is 57.0. The van der Waals surface area contributed by atoms with Crippen molar-refractivity contribution in [2.45, 2.75) is 25.5 Å². The SMILES string of the molecule is CC(Cl)C(=O)c1cccc(OC(F)F)c1OC(F)F. The number of hydrogen-bond acceptors (Lipinski definition) is 3. The van der Waals surface area contributed by atoms with Gasteiger partial charge in [0.15, 0.2) is 17.3 Å². The van der Waals surface area contributed by atoms with Gasteiger partial charge in [-0.15, -0.1) is 11.6 Å². The van der Waals surface area contributed by atoms with E-state index in [0.717, 1.165) is 12.1 Å². The Labute approximate surface area is 111 Å². The molecule has 0 fully saturated rings. The zero-order valence-electron chi connectivity index (χ0n) is 9.58. The quantitative estimate of drug-likeness (QED) is 0.456. The molecule has 19 heavy (non-hydrogen) atoms. The number of alkyl halides is 5. The van der Waals surface area contributed by atoms with Crippen molar-refractivity contribution in [2.75, 3.05) is 0 Å². The third kappa shape index (κ3) is 4.27. The Balaban J connectivity index is 3.25. The maximum atomic E-state index is 12.3. The van der Waals surface area contributed by atoms with Crippen LogP contribution >= 0.6 is 11.6 Å². The molecular formula is C11H9ClF4O3. The van der Waals surface area contributed by atoms with E-state index in [4.69, 9.17) is 11.6 Å². The standard InChI is InChI=1S/C11H9ClF4O3/c1-5(12)8(17)6-3-2-4-7(18-10(13)14)9(6)19-11(15)16/h2-5,10-11H,1H3. The van der Waals surface area contributed by atoms with Gasteiger partial charge in [-0.25, -0.2) is 0 Å². The van der Waals surface area contributed by atoms with Gasteiger partial charge in [0.1, 0.15) is 0 Å². The van der Waals surface area contributed by atoms with E-state index >= 15 is 0 Å². The number of carbonyl (C=O) groups is 1. The summed E-state index contributed by atoms with van der Waals surface area (Å²) >= 11 is 5.55. The highest BCUT2D eigenvalue weighted by Gasteiger charge is 2.24. The van der Waals surface area contributed by atoms with Gasteiger partial charge in [0, 0.05) is 0 Å². The van der Waals surface area contributed by atoms with Crippen molar-refractivity contribution in [1.82, 2.24) is 0 Å². The van der Waals surface area contributed by atoms with Gasteiger partial charge in [-0.05, 0) is 19.1 Å². The Morgan fingerprint density at radius 2 is 1.74 bits per heavy atom. The normalized spacial score (nSPS) is 12.6. The average molecular weight is 301 g/mol. The van der Waals surface area contributed by atoms with E-state index in [1.807, 2.05) is 0 Å². The largest absolute Gasteiger partial charge is 0.431 e. The average Bonchev–Trinajstić information content (AvgIpc) is 2.29. The van der Waals surface area contributed by atoms with Crippen LogP contribution < -0.4 is 9.47 Å². The molecule has 0 amide bonds. The lowest BCUT2D eigenvalue weighted by Crippen LogP contribution is -2.15. The molecule has 3 nitrogen and oxygen atoms in total. The Morgan fingerprint density at radius 1 is 1.16 bits per heavy atom. The first-order valence-electron chi connectivity index (χ1n) is 5.03. The number of ether oxygens (including phenoxy) is 2. The van der Waals surface area contributed by atoms with Gasteiger partial charge >= 0.3 is 13.2 Å². The molecule has 1 atom stereocenters. The van der Waals surface area contributed by atoms with Crippen molar-refractivity contribution in [3.8, 4) is 11.5 Å². The summed E-state index contributed by atoms with van der Waals surface area (Å²) in [6, 6.07) is 3.32. The number of ketones is 1. The minimum atomic E-state index is -3.29. The number of hydrogen-bond donors (Lipinski definition) is 0. The minimum Gasteiger partial charge on any atom is -0.431 e. The molecule has 0 spiro atoms. The van der Waals surface area contributed by atoms with Gasteiger partial charge < -0.3 is 9.47 Å². The third-order valence-electron chi connectivity index (χ3n) is 2.03. The molecule has 0 aromatic heterocycles. The Hall–Kier alpha value is -1.50. The summed E-state index contributed by atoms with van der Waals surface area (Å²) in [5, 5.41) is -1.03. The Kier molecular flexibility index (Phi) is 5.41. The summed E-state index contributed by atoms with van der Waals surface area (Å²) in [4.78, 5) is 11.7. The second-order valence-corrected chi connectivity index (χ2v) is 4.02. The minimum absolute atomic E-state index is 0.346. The van der Waals surface area contributed by atoms with Crippen LogP contribution in [0.3, 0.4) is 0 Å². The third-order valence-corrected chi connectivity index (χ3v) is 2.23. The van der Waals surface area contributed by atoms with Gasteiger partial charge in [0.05, 0.1) is 10.9 Å². The number of rotatable bonds is 6. The lowest BCUT2D eigenvalue weighted by molar-refractivity contribution is -0.0694. The van der Waals surface area contributed by atoms with Crippen LogP contribution in [0, 0.1) is 0 Å². The van der Waals surface area contributed by atoms with Crippen molar-refractivity contribution in [1.29, 1.82) is 0 Å². The van der Waals surface area contributed by atoms with Crippen molar-refractivity contribution in [3.63, 3.8) is 0 Å². The fourth-order valence-electron chi connectivity index (χ4n) is 1.32. The number of benzene rings is 1. The van der Waals surface area contributed by atoms with E-state index in [-0.39, 0.29) is 5.56 Å². The molecule has 0 aliphatic carbocycles. The van der Waals surface area contributed by atoms with Crippen LogP contribution in [0.5, 0.6) is 11.5 Å². The first-order valence-corrected chi connectivity index (χ1v) is 5.47. The van der Waals surface area contributed by atoms with Crippen molar-refractivity contribution >= 4 is 17.4 Å². The van der Waals surface area contributed by atoms with Gasteiger partial charge in [0.25, 0.3) is 0 Å². The van der Waals surface area contributed by atoms with Crippen LogP contribution in [0.1, 0.15) is 17.3 Å². The first kappa shape index (κ1) is 15.6. The zero-order valence-corrected chi connectivity index (χ0v) is 10.3. The fourth-order valence-corrected chi connectivity index (χ4v) is 1.44. The van der Waals surface area contributed by atoms with E-state index in [0.29, 0.717) is 0 Å². The van der Waals surface area contributed by atoms with Gasteiger partial charge in [-0.2, -0.15) is 17.6 Å². The molecule has 8 heteroatoms. The Morgan fingerprint density at radius 3 is 2.21 bits per heavy atom. The number of carbonyl (C=O) groups excluding carboxylic acids is 1. The summed E-state index contributed by atoms with van der Waals surface area (Å²) in [6.45, 7) is -5.21. The maximum Gasteiger partial charge on any atom is 0.387 e. The second kappa shape index (κ2) is 6.60. The van der Waals surface area contributed by atoms with Crippen molar-refractivity contribution < 1.29 is 31.8 Å². The van der Waals surface area contributed by atoms with E-state index in [1.54, 1.807) is 0 Å². The van der Waals surface area contributed by atoms with Crippen LogP contribution in [-0.4, -0.2) is 24.4 Å². The highest BCUT2D eigenvalue weighted by Crippen LogP contribution is 2.34. The fraction of sp³-hybridized carbons (Fsp3) is 0.364. The molecule has 0 bridgehead atoms. The summed E-state index contributed by atoms with van der Waals surface area (Å²) in [6.07, 6.45) is 0. The Bertz CT molecular complexity index is 452. The molecule has 1 unspecified atom stereocenters. The van der Waals surface area contributed by atoms with Crippen LogP contribution in [0.4, 0.5) is 17.6 Å². The van der Waals surface area contributed by atoms with E-state index in [1.165, 1.54) is 13.0 Å². The predicted octanol–water partition coefficient (Wildman–Crippen LogP) is 3.70. The van der Waals surface area contributed by atoms with E-state index in [2.05, 4.69) is 9.47 Å². The molecular weight excluding hydrogens is 292 g/mol. The molecule has 0 saturated carbocycles. The summed E-state index contributed by atoms with van der Waals surface area (Å²) in [5.41, 5.74) is -0.346. The lowest BCUT2D eigenvalue weighted by Gasteiger charge is -2.15. The van der Waals surface area contributed by atoms with Crippen LogP contribution in [-0.2, 0) is 0 Å². The van der Waals surface area contributed by atoms with E-state index < -0.39 is 35.9 Å². The van der Waals surface area contributed by atoms with Crippen molar-refractivity contribution in [2.24, 2.45) is 0 Å². The number of para-hydroxylation sites is 1. The van der Waals surface area contributed by atoms with Gasteiger partial charge in [0.2, 0.25) is 0 Å². The predicted molar refractivity (Wildman–Crippen MR) is 59.4 cm³/mol. The van der Waals surface area contributed by atoms with Crippen molar-refractivity contribution in [3.05, 3.63) is 23.8 Å². The van der Waals surface area contributed by atoms with Crippen LogP contribution in [0.15, 0.2) is 18.2 Å². The van der Waals surface area contributed by atoms with Crippen LogP contribution in [0.25, 0.3) is 0 Å². The molecule has 0 saturated heterocycles. The molecule has 0 N–H and O–H groups in total. The topological polar surface area (TPSA) is 35.5 Å². The molecule has 0 aliphatic rings. The second-order valence-electron chi connectivity index (χ2n) is 3.37. The van der Waals surface area contributed by atoms with Gasteiger partial charge in [-0.3, -0.25) is 4.79 Å². The molecule has 0 radical (unpaired) electrons.